The molecule has 0 aliphatic carbocycles. The number of carbonyl (C=O) groups excluding carboxylic acids is 1. The number of nitrogens with one attached hydrogen (secondary N) is 1. The van der Waals surface area contributed by atoms with Crippen molar-refractivity contribution in [3.8, 4) is 0 Å². The highest BCUT2D eigenvalue weighted by molar-refractivity contribution is 5.86. The van der Waals surface area contributed by atoms with Crippen molar-refractivity contribution in [2.45, 2.75) is 51.5 Å². The van der Waals surface area contributed by atoms with E-state index in [4.69, 9.17) is 4.74 Å². The molecular formula is C15H26N2O4. The molecule has 0 aromatic heterocycles. The van der Waals surface area contributed by atoms with Crippen molar-refractivity contribution in [2.75, 3.05) is 26.3 Å². The third-order valence-corrected chi connectivity index (χ3v) is 4.73. The fraction of sp³-hybridized carbons (Fsp3) is 0.867. The molecule has 2 aliphatic rings. The minimum atomic E-state index is -1.17. The first-order chi connectivity index (χ1) is 9.85. The molecule has 2 rings (SSSR count). The Balaban J connectivity index is 2.00. The lowest BCUT2D eigenvalue weighted by Crippen LogP contribution is -2.60. The third-order valence-electron chi connectivity index (χ3n) is 4.73. The summed E-state index contributed by atoms with van der Waals surface area (Å²) in [5.41, 5.74) is -0.921. The van der Waals surface area contributed by atoms with E-state index in [1.54, 1.807) is 4.90 Å². The summed E-state index contributed by atoms with van der Waals surface area (Å²) in [4.78, 5) is 25.8. The summed E-state index contributed by atoms with van der Waals surface area (Å²) in [5, 5.41) is 12.2. The smallest absolute Gasteiger partial charge is 0.329 e. The van der Waals surface area contributed by atoms with E-state index in [-0.39, 0.29) is 11.4 Å². The van der Waals surface area contributed by atoms with E-state index >= 15 is 0 Å². The monoisotopic (exact) mass is 298 g/mol. The normalized spacial score (nSPS) is 25.0. The van der Waals surface area contributed by atoms with E-state index < -0.39 is 11.5 Å². The first-order valence-electron chi connectivity index (χ1n) is 7.73. The van der Waals surface area contributed by atoms with Gasteiger partial charge in [0.2, 0.25) is 0 Å². The van der Waals surface area contributed by atoms with Crippen LogP contribution in [-0.2, 0) is 9.53 Å². The number of hydrogen-bond acceptors (Lipinski definition) is 3. The van der Waals surface area contributed by atoms with E-state index in [1.165, 1.54) is 0 Å². The van der Waals surface area contributed by atoms with Gasteiger partial charge in [0, 0.05) is 39.1 Å². The molecule has 2 amide bonds. The number of urea groups is 1. The Hall–Kier alpha value is -1.30. The Labute approximate surface area is 125 Å². The third kappa shape index (κ3) is 3.87. The lowest BCUT2D eigenvalue weighted by Gasteiger charge is -2.36. The molecule has 2 heterocycles. The van der Waals surface area contributed by atoms with Crippen LogP contribution in [0.25, 0.3) is 0 Å². The highest BCUT2D eigenvalue weighted by atomic mass is 16.5. The fourth-order valence-corrected chi connectivity index (χ4v) is 3.02. The van der Waals surface area contributed by atoms with Gasteiger partial charge in [-0.15, -0.1) is 0 Å². The van der Waals surface area contributed by atoms with Crippen molar-refractivity contribution in [3.63, 3.8) is 0 Å². The van der Waals surface area contributed by atoms with E-state index in [2.05, 4.69) is 19.2 Å². The first-order valence-corrected chi connectivity index (χ1v) is 7.73. The molecule has 0 aromatic carbocycles. The number of amides is 2. The van der Waals surface area contributed by atoms with Crippen molar-refractivity contribution in [2.24, 2.45) is 5.41 Å². The van der Waals surface area contributed by atoms with Crippen LogP contribution in [0, 0.1) is 5.41 Å². The number of likely N-dealkylation sites (tertiary alicyclic amines) is 1. The van der Waals surface area contributed by atoms with Crippen LogP contribution in [0.1, 0.15) is 46.0 Å². The molecule has 0 atom stereocenters. The molecule has 0 bridgehead atoms. The lowest BCUT2D eigenvalue weighted by atomic mass is 9.85. The molecule has 0 aromatic rings. The van der Waals surface area contributed by atoms with Gasteiger partial charge in [-0.2, -0.15) is 0 Å². The van der Waals surface area contributed by atoms with Gasteiger partial charge in [0.05, 0.1) is 0 Å². The zero-order valence-electron chi connectivity index (χ0n) is 13.0. The molecule has 21 heavy (non-hydrogen) atoms. The number of nitrogens with zero attached hydrogens (tertiary/aromatic N) is 1. The van der Waals surface area contributed by atoms with Crippen molar-refractivity contribution < 1.29 is 19.4 Å². The molecule has 0 saturated carbocycles. The number of rotatable bonds is 2. The first kappa shape index (κ1) is 16.1. The van der Waals surface area contributed by atoms with Crippen LogP contribution in [0.2, 0.25) is 0 Å². The minimum absolute atomic E-state index is 0.248. The second-order valence-corrected chi connectivity index (χ2v) is 6.93. The molecule has 0 unspecified atom stereocenters. The molecule has 2 aliphatic heterocycles. The Morgan fingerprint density at radius 2 is 1.76 bits per heavy atom. The highest BCUT2D eigenvalue weighted by Crippen LogP contribution is 2.30. The Kier molecular flexibility index (Phi) is 4.76. The van der Waals surface area contributed by atoms with E-state index in [1.807, 2.05) is 0 Å². The van der Waals surface area contributed by atoms with E-state index in [9.17, 15) is 14.7 Å². The Morgan fingerprint density at radius 3 is 2.38 bits per heavy atom. The van der Waals surface area contributed by atoms with Crippen LogP contribution in [0.15, 0.2) is 0 Å². The predicted octanol–water partition coefficient (Wildman–Crippen LogP) is 1.84. The quantitative estimate of drug-likeness (QED) is 0.815. The van der Waals surface area contributed by atoms with Gasteiger partial charge in [0.15, 0.2) is 0 Å². The van der Waals surface area contributed by atoms with E-state index in [0.717, 1.165) is 19.3 Å². The fourth-order valence-electron chi connectivity index (χ4n) is 3.02. The molecule has 6 heteroatoms. The minimum Gasteiger partial charge on any atom is -0.480 e. The summed E-state index contributed by atoms with van der Waals surface area (Å²) in [6.45, 7) is 6.56. The number of hydrogen-bond donors (Lipinski definition) is 2. The maximum atomic E-state index is 12.5. The number of ether oxygens (including phenoxy) is 1. The standard InChI is InChI=1S/C15H26N2O4/c1-14(2)4-3-8-17(9-5-14)13(20)16-15(12(18)19)6-10-21-11-7-15/h3-11H2,1-2H3,(H,16,20)(H,18,19). The summed E-state index contributed by atoms with van der Waals surface area (Å²) < 4.78 is 5.22. The molecule has 6 nitrogen and oxygen atoms in total. The van der Waals surface area contributed by atoms with Gasteiger partial charge in [-0.1, -0.05) is 13.8 Å². The highest BCUT2D eigenvalue weighted by Gasteiger charge is 2.42. The van der Waals surface area contributed by atoms with Gasteiger partial charge < -0.3 is 20.1 Å². The van der Waals surface area contributed by atoms with Gasteiger partial charge >= 0.3 is 12.0 Å². The summed E-state index contributed by atoms with van der Waals surface area (Å²) in [6, 6.07) is -0.253. The summed E-state index contributed by atoms with van der Waals surface area (Å²) in [5.74, 6) is -0.964. The summed E-state index contributed by atoms with van der Waals surface area (Å²) in [6.07, 6.45) is 3.66. The largest absolute Gasteiger partial charge is 0.480 e. The lowest BCUT2D eigenvalue weighted by molar-refractivity contribution is -0.148. The van der Waals surface area contributed by atoms with Crippen LogP contribution in [-0.4, -0.2) is 53.8 Å². The molecule has 0 radical (unpaired) electrons. The molecule has 2 N–H and O–H groups in total. The summed E-state index contributed by atoms with van der Waals surface area (Å²) >= 11 is 0. The molecular weight excluding hydrogens is 272 g/mol. The van der Waals surface area contributed by atoms with Gasteiger partial charge in [-0.3, -0.25) is 0 Å². The van der Waals surface area contributed by atoms with Crippen molar-refractivity contribution in [1.82, 2.24) is 10.2 Å². The van der Waals surface area contributed by atoms with Gasteiger partial charge in [0.25, 0.3) is 0 Å². The number of carboxylic acid groups (broad SMARTS) is 1. The van der Waals surface area contributed by atoms with Crippen LogP contribution in [0.3, 0.4) is 0 Å². The second-order valence-electron chi connectivity index (χ2n) is 6.93. The maximum absolute atomic E-state index is 12.5. The number of carboxylic acids is 1. The van der Waals surface area contributed by atoms with Gasteiger partial charge in [-0.25, -0.2) is 9.59 Å². The summed E-state index contributed by atoms with van der Waals surface area (Å²) in [7, 11) is 0. The Morgan fingerprint density at radius 1 is 1.10 bits per heavy atom. The average Bonchev–Trinajstić information content (AvgIpc) is 2.60. The number of carbonyl (C=O) groups is 2. The van der Waals surface area contributed by atoms with Crippen LogP contribution < -0.4 is 5.32 Å². The molecule has 120 valence electrons. The second kappa shape index (κ2) is 6.22. The van der Waals surface area contributed by atoms with Crippen LogP contribution >= 0.6 is 0 Å². The van der Waals surface area contributed by atoms with Crippen molar-refractivity contribution in [1.29, 1.82) is 0 Å². The number of aliphatic carboxylic acids is 1. The van der Waals surface area contributed by atoms with Crippen LogP contribution in [0.4, 0.5) is 4.79 Å². The van der Waals surface area contributed by atoms with Crippen LogP contribution in [0.5, 0.6) is 0 Å². The Bertz CT molecular complexity index is 402. The SMILES string of the molecule is CC1(C)CCCN(C(=O)NC2(C(=O)O)CCOCC2)CC1. The molecule has 2 saturated heterocycles. The van der Waals surface area contributed by atoms with E-state index in [0.29, 0.717) is 39.1 Å². The average molecular weight is 298 g/mol. The van der Waals surface area contributed by atoms with Crippen molar-refractivity contribution >= 4 is 12.0 Å². The topological polar surface area (TPSA) is 78.9 Å². The molecule has 2 fully saturated rings. The zero-order chi connectivity index (χ0) is 15.5. The predicted molar refractivity (Wildman–Crippen MR) is 78.2 cm³/mol. The van der Waals surface area contributed by atoms with Gasteiger partial charge in [0.1, 0.15) is 5.54 Å². The molecule has 0 spiro atoms. The maximum Gasteiger partial charge on any atom is 0.329 e. The zero-order valence-corrected chi connectivity index (χ0v) is 13.0. The van der Waals surface area contributed by atoms with Crippen molar-refractivity contribution in [3.05, 3.63) is 0 Å². The van der Waals surface area contributed by atoms with Gasteiger partial charge in [-0.05, 0) is 24.7 Å².